The van der Waals surface area contributed by atoms with Gasteiger partial charge >= 0.3 is 12.2 Å². The Kier molecular flexibility index (Phi) is 4.98. The first-order valence-corrected chi connectivity index (χ1v) is 8.85. The topological polar surface area (TPSA) is 73.6 Å². The lowest BCUT2D eigenvalue weighted by atomic mass is 9.87. The standard InChI is InChI=1S/C21H18F3N3O3/c1-12-9-15(30-4)7-8-16(12)20(2)18(28)27(19(29)26(20)3)14-6-5-13(11-25)17(10-14)21(22,23)24/h5-10H,1-4H3. The second-order valence-corrected chi connectivity index (χ2v) is 7.07. The number of anilines is 1. The van der Waals surface area contributed by atoms with Crippen molar-refractivity contribution in [3.63, 3.8) is 0 Å². The molecule has 0 radical (unpaired) electrons. The Bertz CT molecular complexity index is 1090. The van der Waals surface area contributed by atoms with Gasteiger partial charge in [0, 0.05) is 7.05 Å². The Hall–Kier alpha value is -3.54. The van der Waals surface area contributed by atoms with Crippen LogP contribution < -0.4 is 9.64 Å². The first-order chi connectivity index (χ1) is 14.0. The third-order valence-electron chi connectivity index (χ3n) is 5.41. The minimum atomic E-state index is -4.81. The second-order valence-electron chi connectivity index (χ2n) is 7.07. The number of amides is 3. The van der Waals surface area contributed by atoms with Gasteiger partial charge in [-0.3, -0.25) is 4.79 Å². The van der Waals surface area contributed by atoms with E-state index in [2.05, 4.69) is 0 Å². The van der Waals surface area contributed by atoms with Gasteiger partial charge in [0.05, 0.1) is 30.0 Å². The molecule has 156 valence electrons. The average molecular weight is 417 g/mol. The number of nitriles is 1. The normalized spacial score (nSPS) is 19.3. The van der Waals surface area contributed by atoms with Crippen LogP contribution >= 0.6 is 0 Å². The lowest BCUT2D eigenvalue weighted by Gasteiger charge is -2.30. The van der Waals surface area contributed by atoms with Gasteiger partial charge in [0.15, 0.2) is 0 Å². The number of nitrogens with zero attached hydrogens (tertiary/aromatic N) is 3. The van der Waals surface area contributed by atoms with Crippen LogP contribution in [0.15, 0.2) is 36.4 Å². The van der Waals surface area contributed by atoms with Gasteiger partial charge in [-0.1, -0.05) is 6.07 Å². The fourth-order valence-corrected chi connectivity index (χ4v) is 3.63. The van der Waals surface area contributed by atoms with Crippen molar-refractivity contribution in [2.75, 3.05) is 19.1 Å². The molecule has 1 aliphatic rings. The van der Waals surface area contributed by atoms with Gasteiger partial charge in [-0.15, -0.1) is 0 Å². The minimum absolute atomic E-state index is 0.252. The van der Waals surface area contributed by atoms with Gasteiger partial charge in [0.1, 0.15) is 11.3 Å². The highest BCUT2D eigenvalue weighted by Crippen LogP contribution is 2.42. The predicted molar refractivity (Wildman–Crippen MR) is 102 cm³/mol. The summed E-state index contributed by atoms with van der Waals surface area (Å²) in [7, 11) is 2.91. The van der Waals surface area contributed by atoms with Crippen molar-refractivity contribution in [1.29, 1.82) is 5.26 Å². The maximum Gasteiger partial charge on any atom is 0.417 e. The largest absolute Gasteiger partial charge is 0.497 e. The quantitative estimate of drug-likeness (QED) is 0.702. The zero-order valence-electron chi connectivity index (χ0n) is 16.7. The molecule has 3 amide bonds. The number of carbonyl (C=O) groups excluding carboxylic acids is 2. The van der Waals surface area contributed by atoms with Crippen LogP contribution in [0.1, 0.15) is 29.2 Å². The van der Waals surface area contributed by atoms with Crippen LogP contribution in [0.25, 0.3) is 0 Å². The average Bonchev–Trinajstić information content (AvgIpc) is 2.87. The number of likely N-dealkylation sites (N-methyl/N-ethyl adjacent to an activating group) is 1. The highest BCUT2D eigenvalue weighted by Gasteiger charge is 2.55. The molecule has 1 atom stereocenters. The number of methoxy groups -OCH3 is 1. The van der Waals surface area contributed by atoms with E-state index in [9.17, 15) is 22.8 Å². The summed E-state index contributed by atoms with van der Waals surface area (Å²) in [6, 6.07) is 8.47. The van der Waals surface area contributed by atoms with Crippen molar-refractivity contribution < 1.29 is 27.5 Å². The molecule has 6 nitrogen and oxygen atoms in total. The van der Waals surface area contributed by atoms with E-state index in [0.29, 0.717) is 27.8 Å². The van der Waals surface area contributed by atoms with Crippen LogP contribution in [-0.4, -0.2) is 31.0 Å². The summed E-state index contributed by atoms with van der Waals surface area (Å²) in [5.74, 6) is -0.126. The summed E-state index contributed by atoms with van der Waals surface area (Å²) >= 11 is 0. The summed E-state index contributed by atoms with van der Waals surface area (Å²) in [5.41, 5.74) is -2.27. The van der Waals surface area contributed by atoms with Gasteiger partial charge in [-0.25, -0.2) is 9.69 Å². The number of rotatable bonds is 3. The summed E-state index contributed by atoms with van der Waals surface area (Å²) in [4.78, 5) is 28.2. The Balaban J connectivity index is 2.14. The van der Waals surface area contributed by atoms with Crippen LogP contribution in [0, 0.1) is 18.3 Å². The molecule has 0 saturated carbocycles. The van der Waals surface area contributed by atoms with Crippen molar-refractivity contribution in [3.05, 3.63) is 58.7 Å². The lowest BCUT2D eigenvalue weighted by molar-refractivity contribution is -0.137. The number of ether oxygens (including phenoxy) is 1. The highest BCUT2D eigenvalue weighted by atomic mass is 19.4. The van der Waals surface area contributed by atoms with E-state index in [1.807, 2.05) is 0 Å². The third kappa shape index (κ3) is 3.05. The summed E-state index contributed by atoms with van der Waals surface area (Å²) < 4.78 is 45.2. The maximum absolute atomic E-state index is 13.4. The smallest absolute Gasteiger partial charge is 0.417 e. The fourth-order valence-electron chi connectivity index (χ4n) is 3.63. The molecule has 30 heavy (non-hydrogen) atoms. The number of benzene rings is 2. The number of aryl methyl sites for hydroxylation is 1. The number of urea groups is 1. The van der Waals surface area contributed by atoms with Gasteiger partial charge in [-0.2, -0.15) is 18.4 Å². The third-order valence-corrected chi connectivity index (χ3v) is 5.41. The molecule has 2 aromatic carbocycles. The molecular weight excluding hydrogens is 399 g/mol. The van der Waals surface area contributed by atoms with Crippen molar-refractivity contribution in [2.24, 2.45) is 0 Å². The molecule has 1 aliphatic heterocycles. The van der Waals surface area contributed by atoms with Crippen molar-refractivity contribution in [3.8, 4) is 11.8 Å². The molecule has 1 heterocycles. The fraction of sp³-hybridized carbons (Fsp3) is 0.286. The number of hydrogen-bond acceptors (Lipinski definition) is 4. The Labute approximate surface area is 171 Å². The molecule has 0 bridgehead atoms. The zero-order chi connectivity index (χ0) is 22.4. The van der Waals surface area contributed by atoms with Crippen molar-refractivity contribution >= 4 is 17.6 Å². The van der Waals surface area contributed by atoms with Crippen LogP contribution in [-0.2, 0) is 16.5 Å². The van der Waals surface area contributed by atoms with E-state index in [4.69, 9.17) is 10.00 Å². The van der Waals surface area contributed by atoms with Gasteiger partial charge in [0.2, 0.25) is 0 Å². The molecule has 0 aromatic heterocycles. The van der Waals surface area contributed by atoms with E-state index in [0.717, 1.165) is 12.1 Å². The maximum atomic E-state index is 13.4. The molecule has 1 fully saturated rings. The molecule has 1 saturated heterocycles. The van der Waals surface area contributed by atoms with E-state index in [1.54, 1.807) is 25.1 Å². The molecule has 0 spiro atoms. The van der Waals surface area contributed by atoms with Crippen LogP contribution in [0.4, 0.5) is 23.7 Å². The Morgan fingerprint density at radius 3 is 2.33 bits per heavy atom. The molecular formula is C21H18F3N3O3. The summed E-state index contributed by atoms with van der Waals surface area (Å²) in [6.07, 6.45) is -4.81. The monoisotopic (exact) mass is 417 g/mol. The molecule has 3 rings (SSSR count). The summed E-state index contributed by atoms with van der Waals surface area (Å²) in [5, 5.41) is 8.97. The van der Waals surface area contributed by atoms with Gasteiger partial charge in [-0.05, 0) is 55.3 Å². The summed E-state index contributed by atoms with van der Waals surface area (Å²) in [6.45, 7) is 3.29. The number of imide groups is 1. The zero-order valence-corrected chi connectivity index (χ0v) is 16.7. The van der Waals surface area contributed by atoms with E-state index in [1.165, 1.54) is 32.1 Å². The predicted octanol–water partition coefficient (Wildman–Crippen LogP) is 4.21. The first-order valence-electron chi connectivity index (χ1n) is 8.85. The number of carbonyl (C=O) groups is 2. The number of halogens is 3. The minimum Gasteiger partial charge on any atom is -0.497 e. The van der Waals surface area contributed by atoms with E-state index in [-0.39, 0.29) is 5.69 Å². The Morgan fingerprint density at radius 2 is 1.80 bits per heavy atom. The first kappa shape index (κ1) is 21.2. The van der Waals surface area contributed by atoms with Crippen molar-refractivity contribution in [2.45, 2.75) is 25.6 Å². The second kappa shape index (κ2) is 7.06. The van der Waals surface area contributed by atoms with Crippen LogP contribution in [0.5, 0.6) is 5.75 Å². The van der Waals surface area contributed by atoms with Gasteiger partial charge < -0.3 is 9.64 Å². The number of hydrogen-bond donors (Lipinski definition) is 0. The Morgan fingerprint density at radius 1 is 1.13 bits per heavy atom. The molecule has 9 heteroatoms. The van der Waals surface area contributed by atoms with Crippen LogP contribution in [0.3, 0.4) is 0 Å². The van der Waals surface area contributed by atoms with Crippen molar-refractivity contribution in [1.82, 2.24) is 4.90 Å². The molecule has 0 N–H and O–H groups in total. The van der Waals surface area contributed by atoms with Crippen LogP contribution in [0.2, 0.25) is 0 Å². The van der Waals surface area contributed by atoms with E-state index < -0.39 is 34.8 Å². The SMILES string of the molecule is COc1ccc(C2(C)C(=O)N(c3ccc(C#N)c(C(F)(F)F)c3)C(=O)N2C)c(C)c1. The lowest BCUT2D eigenvalue weighted by Crippen LogP contribution is -2.42. The molecule has 1 unspecified atom stereocenters. The highest BCUT2D eigenvalue weighted by molar-refractivity contribution is 6.23. The van der Waals surface area contributed by atoms with E-state index >= 15 is 0 Å². The number of alkyl halides is 3. The molecule has 0 aliphatic carbocycles. The molecule has 2 aromatic rings. The van der Waals surface area contributed by atoms with Gasteiger partial charge in [0.25, 0.3) is 5.91 Å².